The van der Waals surface area contributed by atoms with E-state index < -0.39 is 17.6 Å². The highest BCUT2D eigenvalue weighted by molar-refractivity contribution is 5.95. The molecule has 0 aromatic heterocycles. The molecule has 0 saturated heterocycles. The highest BCUT2D eigenvalue weighted by Gasteiger charge is 2.21. The van der Waals surface area contributed by atoms with E-state index in [4.69, 9.17) is 15.2 Å². The maximum atomic E-state index is 13.0. The van der Waals surface area contributed by atoms with Gasteiger partial charge in [0.25, 0.3) is 0 Å². The Balaban J connectivity index is 1.88. The Morgan fingerprint density at radius 2 is 2.00 bits per heavy atom. The van der Waals surface area contributed by atoms with Gasteiger partial charge < -0.3 is 15.2 Å². The van der Waals surface area contributed by atoms with Gasteiger partial charge in [-0.25, -0.2) is 13.6 Å². The molecular formula is C12H13F2NO3. The largest absolute Gasteiger partial charge is 0.435 e. The van der Waals surface area contributed by atoms with E-state index in [1.165, 1.54) is 0 Å². The van der Waals surface area contributed by atoms with E-state index >= 15 is 0 Å². The summed E-state index contributed by atoms with van der Waals surface area (Å²) in [6.45, 7) is 0.328. The summed E-state index contributed by atoms with van der Waals surface area (Å²) in [5.74, 6) is -2.52. The molecule has 0 atom stereocenters. The third-order valence-electron chi connectivity index (χ3n) is 2.64. The van der Waals surface area contributed by atoms with Crippen molar-refractivity contribution in [3.8, 4) is 0 Å². The molecule has 0 aliphatic heterocycles. The van der Waals surface area contributed by atoms with Crippen LogP contribution in [0.4, 0.5) is 14.5 Å². The number of carbonyl (C=O) groups is 1. The van der Waals surface area contributed by atoms with Gasteiger partial charge in [0.2, 0.25) is 0 Å². The minimum atomic E-state index is -1.14. The molecule has 1 aliphatic rings. The van der Waals surface area contributed by atoms with Gasteiger partial charge in [-0.3, -0.25) is 0 Å². The van der Waals surface area contributed by atoms with Gasteiger partial charge in [0.05, 0.1) is 12.2 Å². The molecule has 0 bridgehead atoms. The van der Waals surface area contributed by atoms with Crippen LogP contribution in [0.2, 0.25) is 0 Å². The topological polar surface area (TPSA) is 61.6 Å². The minimum absolute atomic E-state index is 0.166. The van der Waals surface area contributed by atoms with Crippen molar-refractivity contribution in [2.24, 2.45) is 5.92 Å². The molecule has 98 valence electrons. The van der Waals surface area contributed by atoms with Crippen LogP contribution in [0.25, 0.3) is 0 Å². The first kappa shape index (κ1) is 12.8. The zero-order chi connectivity index (χ0) is 13.1. The molecule has 0 amide bonds. The summed E-state index contributed by atoms with van der Waals surface area (Å²) in [6.07, 6.45) is 2.26. The molecule has 1 aromatic rings. The zero-order valence-electron chi connectivity index (χ0n) is 9.62. The average Bonchev–Trinajstić information content (AvgIpc) is 3.13. The van der Waals surface area contributed by atoms with E-state index in [-0.39, 0.29) is 18.0 Å². The lowest BCUT2D eigenvalue weighted by molar-refractivity contribution is -0.0344. The lowest BCUT2D eigenvalue weighted by atomic mass is 10.2. The summed E-state index contributed by atoms with van der Waals surface area (Å²) in [6, 6.07) is 1.46. The molecule has 1 aromatic carbocycles. The number of halogens is 2. The van der Waals surface area contributed by atoms with E-state index in [2.05, 4.69) is 0 Å². The first-order valence-electron chi connectivity index (χ1n) is 5.57. The molecule has 0 radical (unpaired) electrons. The second-order valence-electron chi connectivity index (χ2n) is 4.22. The van der Waals surface area contributed by atoms with Gasteiger partial charge in [0.15, 0.2) is 18.4 Å². The molecule has 1 aliphatic carbocycles. The number of anilines is 1. The predicted molar refractivity (Wildman–Crippen MR) is 59.7 cm³/mol. The Morgan fingerprint density at radius 3 is 2.67 bits per heavy atom. The van der Waals surface area contributed by atoms with Crippen LogP contribution >= 0.6 is 0 Å². The molecule has 18 heavy (non-hydrogen) atoms. The fourth-order valence-electron chi connectivity index (χ4n) is 1.41. The molecule has 0 heterocycles. The summed E-state index contributed by atoms with van der Waals surface area (Å²) < 4.78 is 35.6. The molecule has 1 saturated carbocycles. The normalized spacial score (nSPS) is 14.6. The number of benzene rings is 1. The van der Waals surface area contributed by atoms with E-state index in [0.29, 0.717) is 18.6 Å². The Hall–Kier alpha value is -1.69. The lowest BCUT2D eigenvalue weighted by Gasteiger charge is -2.07. The van der Waals surface area contributed by atoms with Crippen LogP contribution < -0.4 is 5.73 Å². The van der Waals surface area contributed by atoms with Crippen molar-refractivity contribution in [2.45, 2.75) is 12.8 Å². The van der Waals surface area contributed by atoms with Crippen LogP contribution in [-0.4, -0.2) is 19.4 Å². The Labute approximate surface area is 103 Å². The number of hydrogen-bond donors (Lipinski definition) is 1. The number of hydrogen-bond acceptors (Lipinski definition) is 4. The van der Waals surface area contributed by atoms with E-state index in [9.17, 15) is 13.6 Å². The summed E-state index contributed by atoms with van der Waals surface area (Å²) in [5.41, 5.74) is 5.03. The molecule has 6 heteroatoms. The number of rotatable bonds is 5. The molecule has 2 rings (SSSR count). The number of esters is 1. The number of carbonyl (C=O) groups excluding carboxylic acids is 1. The van der Waals surface area contributed by atoms with Gasteiger partial charge in [0.1, 0.15) is 0 Å². The summed E-state index contributed by atoms with van der Waals surface area (Å²) in [4.78, 5) is 11.5. The highest BCUT2D eigenvalue weighted by atomic mass is 19.2. The van der Waals surface area contributed by atoms with Gasteiger partial charge in [0, 0.05) is 11.8 Å². The number of nitrogens with two attached hydrogens (primary N) is 1. The molecule has 2 N–H and O–H groups in total. The summed E-state index contributed by atoms with van der Waals surface area (Å²) in [7, 11) is 0. The predicted octanol–water partition coefficient (Wildman–Crippen LogP) is 2.09. The SMILES string of the molecule is Nc1cc(F)c(F)cc1C(=O)OCOCC1CC1. The summed E-state index contributed by atoms with van der Waals surface area (Å²) in [5, 5.41) is 0. The first-order chi connectivity index (χ1) is 8.58. The monoisotopic (exact) mass is 257 g/mol. The third kappa shape index (κ3) is 3.16. The van der Waals surface area contributed by atoms with Crippen LogP contribution in [0.3, 0.4) is 0 Å². The summed E-state index contributed by atoms with van der Waals surface area (Å²) >= 11 is 0. The van der Waals surface area contributed by atoms with E-state index in [1.54, 1.807) is 0 Å². The van der Waals surface area contributed by atoms with Crippen molar-refractivity contribution >= 4 is 11.7 Å². The fourth-order valence-corrected chi connectivity index (χ4v) is 1.41. The smallest absolute Gasteiger partial charge is 0.342 e. The fraction of sp³-hybridized carbons (Fsp3) is 0.417. The Bertz CT molecular complexity index is 461. The van der Waals surface area contributed by atoms with Gasteiger partial charge in [-0.15, -0.1) is 0 Å². The molecular weight excluding hydrogens is 244 g/mol. The van der Waals surface area contributed by atoms with Gasteiger partial charge in [-0.1, -0.05) is 0 Å². The highest BCUT2D eigenvalue weighted by Crippen LogP contribution is 2.28. The van der Waals surface area contributed by atoms with Crippen LogP contribution in [0.1, 0.15) is 23.2 Å². The standard InChI is InChI=1S/C12H13F2NO3/c13-9-3-8(11(15)4-10(9)14)12(16)18-6-17-5-7-1-2-7/h3-4,7H,1-2,5-6,15H2. The van der Waals surface area contributed by atoms with Gasteiger partial charge in [-0.05, 0) is 24.8 Å². The van der Waals surface area contributed by atoms with Crippen molar-refractivity contribution in [1.82, 2.24) is 0 Å². The number of ether oxygens (including phenoxy) is 2. The van der Waals surface area contributed by atoms with Crippen LogP contribution in [0.15, 0.2) is 12.1 Å². The van der Waals surface area contributed by atoms with Crippen molar-refractivity contribution in [3.05, 3.63) is 29.3 Å². The van der Waals surface area contributed by atoms with E-state index in [1.807, 2.05) is 0 Å². The zero-order valence-corrected chi connectivity index (χ0v) is 9.62. The van der Waals surface area contributed by atoms with Crippen molar-refractivity contribution in [1.29, 1.82) is 0 Å². The quantitative estimate of drug-likeness (QED) is 0.380. The van der Waals surface area contributed by atoms with Gasteiger partial charge in [-0.2, -0.15) is 0 Å². The van der Waals surface area contributed by atoms with Crippen LogP contribution in [0, 0.1) is 17.6 Å². The maximum Gasteiger partial charge on any atom is 0.342 e. The molecule has 1 fully saturated rings. The van der Waals surface area contributed by atoms with Crippen molar-refractivity contribution in [2.75, 3.05) is 19.1 Å². The van der Waals surface area contributed by atoms with Crippen LogP contribution in [0.5, 0.6) is 0 Å². The Morgan fingerprint density at radius 1 is 1.33 bits per heavy atom. The Kier molecular flexibility index (Phi) is 3.76. The second kappa shape index (κ2) is 5.30. The molecule has 0 spiro atoms. The second-order valence-corrected chi connectivity index (χ2v) is 4.22. The first-order valence-corrected chi connectivity index (χ1v) is 5.57. The maximum absolute atomic E-state index is 13.0. The van der Waals surface area contributed by atoms with Crippen LogP contribution in [-0.2, 0) is 9.47 Å². The van der Waals surface area contributed by atoms with Crippen molar-refractivity contribution in [3.63, 3.8) is 0 Å². The third-order valence-corrected chi connectivity index (χ3v) is 2.64. The minimum Gasteiger partial charge on any atom is -0.435 e. The molecule has 0 unspecified atom stereocenters. The van der Waals surface area contributed by atoms with E-state index in [0.717, 1.165) is 18.9 Å². The number of nitrogen functional groups attached to an aromatic ring is 1. The average molecular weight is 257 g/mol. The van der Waals surface area contributed by atoms with Crippen molar-refractivity contribution < 1.29 is 23.0 Å². The lowest BCUT2D eigenvalue weighted by Crippen LogP contribution is -2.12. The molecule has 4 nitrogen and oxygen atoms in total. The van der Waals surface area contributed by atoms with Gasteiger partial charge >= 0.3 is 5.97 Å².